The van der Waals surface area contributed by atoms with E-state index in [-0.39, 0.29) is 17.9 Å². The molecule has 1 atom stereocenters. The van der Waals surface area contributed by atoms with Crippen molar-refractivity contribution in [1.82, 2.24) is 9.78 Å². The fourth-order valence-corrected chi connectivity index (χ4v) is 4.64. The molecular formula is C26H29F3N2O3S. The van der Waals surface area contributed by atoms with Gasteiger partial charge in [0.2, 0.25) is 0 Å². The van der Waals surface area contributed by atoms with Gasteiger partial charge in [0.25, 0.3) is 0 Å². The maximum Gasteiger partial charge on any atom is 0.416 e. The molecule has 1 unspecified atom stereocenters. The predicted octanol–water partition coefficient (Wildman–Crippen LogP) is 6.86. The summed E-state index contributed by atoms with van der Waals surface area (Å²) >= 11 is 1.67. The fraction of sp³-hybridized carbons (Fsp3) is 0.385. The van der Waals surface area contributed by atoms with Crippen molar-refractivity contribution < 1.29 is 27.8 Å². The number of thioether (sulfide) groups is 1. The van der Waals surface area contributed by atoms with Crippen molar-refractivity contribution in [3.05, 3.63) is 71.0 Å². The molecule has 0 saturated heterocycles. The molecular weight excluding hydrogens is 477 g/mol. The predicted molar refractivity (Wildman–Crippen MR) is 131 cm³/mol. The highest BCUT2D eigenvalue weighted by Crippen LogP contribution is 2.35. The highest BCUT2D eigenvalue weighted by Gasteiger charge is 2.30. The highest BCUT2D eigenvalue weighted by atomic mass is 32.2. The molecule has 1 aromatic heterocycles. The van der Waals surface area contributed by atoms with Gasteiger partial charge in [-0.3, -0.25) is 0 Å². The van der Waals surface area contributed by atoms with Gasteiger partial charge in [-0.1, -0.05) is 27.7 Å². The molecule has 0 aliphatic rings. The molecule has 188 valence electrons. The third kappa shape index (κ3) is 6.81. The van der Waals surface area contributed by atoms with E-state index in [1.54, 1.807) is 22.5 Å². The van der Waals surface area contributed by atoms with Gasteiger partial charge in [0.05, 0.1) is 16.9 Å². The molecule has 1 heterocycles. The van der Waals surface area contributed by atoms with Crippen molar-refractivity contribution in [2.75, 3.05) is 12.4 Å². The Kier molecular flexibility index (Phi) is 7.89. The number of carboxylic acid groups (broad SMARTS) is 1. The molecule has 0 fully saturated rings. The molecule has 0 saturated carbocycles. The number of ether oxygens (including phenoxy) is 1. The average molecular weight is 507 g/mol. The molecule has 0 spiro atoms. The average Bonchev–Trinajstić information content (AvgIpc) is 3.22. The van der Waals surface area contributed by atoms with Crippen molar-refractivity contribution in [3.8, 4) is 11.4 Å². The summed E-state index contributed by atoms with van der Waals surface area (Å²) in [5.74, 6) is 0.401. The van der Waals surface area contributed by atoms with Crippen molar-refractivity contribution in [3.63, 3.8) is 0 Å². The minimum absolute atomic E-state index is 0.126. The van der Waals surface area contributed by atoms with Crippen LogP contribution in [0.3, 0.4) is 0 Å². The summed E-state index contributed by atoms with van der Waals surface area (Å²) in [5, 5.41) is 13.5. The molecule has 0 bridgehead atoms. The number of alkyl halides is 3. The van der Waals surface area contributed by atoms with Crippen molar-refractivity contribution >= 4 is 17.7 Å². The number of halogens is 3. The van der Waals surface area contributed by atoms with Crippen molar-refractivity contribution in [2.24, 2.45) is 0 Å². The van der Waals surface area contributed by atoms with E-state index in [1.165, 1.54) is 12.1 Å². The molecule has 3 rings (SSSR count). The number of aliphatic carboxylic acids is 1. The number of aryl methyl sites for hydroxylation is 1. The van der Waals surface area contributed by atoms with Crippen LogP contribution in [0.15, 0.2) is 53.6 Å². The number of nitrogens with zero attached hydrogens (tertiary/aromatic N) is 2. The first-order chi connectivity index (χ1) is 16.3. The lowest BCUT2D eigenvalue weighted by molar-refractivity contribution is -0.139. The number of hydrogen-bond donors (Lipinski definition) is 1. The van der Waals surface area contributed by atoms with Gasteiger partial charge < -0.3 is 9.84 Å². The van der Waals surface area contributed by atoms with Gasteiger partial charge in [-0.2, -0.15) is 18.3 Å². The zero-order valence-corrected chi connectivity index (χ0v) is 21.1. The number of benzene rings is 2. The third-order valence-electron chi connectivity index (χ3n) is 5.44. The maximum absolute atomic E-state index is 12.9. The first-order valence-corrected chi connectivity index (χ1v) is 12.1. The second-order valence-corrected chi connectivity index (χ2v) is 10.6. The Labute approximate surface area is 207 Å². The van der Waals surface area contributed by atoms with Crippen molar-refractivity contribution in [1.29, 1.82) is 0 Å². The Hall–Kier alpha value is -2.94. The van der Waals surface area contributed by atoms with Gasteiger partial charge in [0.1, 0.15) is 5.75 Å². The van der Waals surface area contributed by atoms with Crippen LogP contribution in [0.1, 0.15) is 56.0 Å². The lowest BCUT2D eigenvalue weighted by atomic mass is 9.86. The Bertz CT molecular complexity index is 1180. The second kappa shape index (κ2) is 10.4. The summed E-state index contributed by atoms with van der Waals surface area (Å²) in [7, 11) is 0. The van der Waals surface area contributed by atoms with Crippen LogP contribution < -0.4 is 4.74 Å². The molecule has 2 aromatic carbocycles. The normalized spacial score (nSPS) is 13.0. The van der Waals surface area contributed by atoms with Crippen LogP contribution in [0.25, 0.3) is 5.69 Å². The number of rotatable bonds is 8. The Morgan fingerprint density at radius 1 is 1.14 bits per heavy atom. The zero-order chi connectivity index (χ0) is 26.0. The van der Waals surface area contributed by atoms with Gasteiger partial charge in [0.15, 0.2) is 6.61 Å². The molecule has 5 nitrogen and oxygen atoms in total. The van der Waals surface area contributed by atoms with Crippen LogP contribution in [0.2, 0.25) is 0 Å². The minimum Gasteiger partial charge on any atom is -0.482 e. The maximum atomic E-state index is 12.9. The summed E-state index contributed by atoms with van der Waals surface area (Å²) in [6.45, 7) is 9.78. The monoisotopic (exact) mass is 506 g/mol. The highest BCUT2D eigenvalue weighted by molar-refractivity contribution is 7.99. The number of carboxylic acids is 1. The molecule has 0 radical (unpaired) electrons. The van der Waals surface area contributed by atoms with Crippen LogP contribution in [-0.4, -0.2) is 33.2 Å². The Morgan fingerprint density at radius 2 is 1.80 bits per heavy atom. The molecule has 0 aliphatic heterocycles. The summed E-state index contributed by atoms with van der Waals surface area (Å²) in [6, 6.07) is 10.6. The zero-order valence-electron chi connectivity index (χ0n) is 20.3. The quantitative estimate of drug-likeness (QED) is 0.338. The smallest absolute Gasteiger partial charge is 0.416 e. The Morgan fingerprint density at radius 3 is 2.34 bits per heavy atom. The molecule has 3 aromatic rings. The molecule has 35 heavy (non-hydrogen) atoms. The lowest BCUT2D eigenvalue weighted by Gasteiger charge is -2.20. The fourth-order valence-electron chi connectivity index (χ4n) is 3.59. The lowest BCUT2D eigenvalue weighted by Crippen LogP contribution is -2.16. The number of carbonyl (C=O) groups is 1. The van der Waals surface area contributed by atoms with Gasteiger partial charge in [0, 0.05) is 22.3 Å². The van der Waals surface area contributed by atoms with Crippen LogP contribution in [0.4, 0.5) is 13.2 Å². The topological polar surface area (TPSA) is 64.4 Å². The van der Waals surface area contributed by atoms with E-state index < -0.39 is 17.7 Å². The van der Waals surface area contributed by atoms with Crippen LogP contribution in [-0.2, 0) is 16.4 Å². The van der Waals surface area contributed by atoms with Crippen molar-refractivity contribution in [2.45, 2.75) is 57.0 Å². The van der Waals surface area contributed by atoms with Gasteiger partial charge >= 0.3 is 12.1 Å². The standard InChI is InChI=1S/C26H29F3N2O3S/c1-16-12-20(10-11-22(16)34-14-23(32)33)35-15-17(2)21-13-31(30-24(21)25(3,4)5)19-8-6-18(7-9-19)26(27,28)29/h6-13,17H,14-15H2,1-5H3,(H,32,33). The Balaban J connectivity index is 1.79. The summed E-state index contributed by atoms with van der Waals surface area (Å²) < 4.78 is 45.8. The molecule has 0 amide bonds. The van der Waals surface area contributed by atoms with Crippen LogP contribution >= 0.6 is 11.8 Å². The number of hydrogen-bond acceptors (Lipinski definition) is 4. The first-order valence-electron chi connectivity index (χ1n) is 11.1. The first kappa shape index (κ1) is 26.7. The summed E-state index contributed by atoms with van der Waals surface area (Å²) in [5.41, 5.74) is 2.44. The largest absolute Gasteiger partial charge is 0.482 e. The summed E-state index contributed by atoms with van der Waals surface area (Å²) in [4.78, 5) is 11.8. The van der Waals surface area contributed by atoms with E-state index in [2.05, 4.69) is 27.7 Å². The van der Waals surface area contributed by atoms with Gasteiger partial charge in [-0.25, -0.2) is 9.48 Å². The molecule has 1 N–H and O–H groups in total. The minimum atomic E-state index is -4.38. The number of aromatic nitrogens is 2. The van der Waals surface area contributed by atoms with E-state index >= 15 is 0 Å². The van der Waals surface area contributed by atoms with Gasteiger partial charge in [-0.15, -0.1) is 11.8 Å². The molecule has 9 heteroatoms. The third-order valence-corrected chi connectivity index (χ3v) is 6.69. The van der Waals surface area contributed by atoms with Crippen LogP contribution in [0.5, 0.6) is 5.75 Å². The van der Waals surface area contributed by atoms with E-state index in [4.69, 9.17) is 14.9 Å². The second-order valence-electron chi connectivity index (χ2n) is 9.49. The van der Waals surface area contributed by atoms with Crippen LogP contribution in [0, 0.1) is 6.92 Å². The van der Waals surface area contributed by atoms with E-state index in [0.29, 0.717) is 11.4 Å². The summed E-state index contributed by atoms with van der Waals surface area (Å²) in [6.07, 6.45) is -2.47. The SMILES string of the molecule is Cc1cc(SCC(C)c2cn(-c3ccc(C(F)(F)F)cc3)nc2C(C)(C)C)ccc1OCC(=O)O. The van der Waals surface area contributed by atoms with Gasteiger partial charge in [-0.05, 0) is 66.4 Å². The van der Waals surface area contributed by atoms with E-state index in [9.17, 15) is 18.0 Å². The molecule has 0 aliphatic carbocycles. The van der Waals surface area contributed by atoms with E-state index in [0.717, 1.165) is 39.6 Å². The van der Waals surface area contributed by atoms with E-state index in [1.807, 2.05) is 25.3 Å².